The fourth-order valence-corrected chi connectivity index (χ4v) is 2.70. The van der Waals surface area contributed by atoms with Crippen molar-refractivity contribution in [1.29, 1.82) is 0 Å². The van der Waals surface area contributed by atoms with E-state index in [-0.39, 0.29) is 11.3 Å². The number of carbonyl (C=O) groups excluding carboxylic acids is 2. The number of aromatic hydroxyl groups is 1. The predicted octanol–water partition coefficient (Wildman–Crippen LogP) is 2.27. The van der Waals surface area contributed by atoms with E-state index in [0.717, 1.165) is 5.69 Å². The van der Waals surface area contributed by atoms with Crippen LogP contribution in [0.5, 0.6) is 5.75 Å². The highest BCUT2D eigenvalue weighted by atomic mass is 16.3. The summed E-state index contributed by atoms with van der Waals surface area (Å²) in [6, 6.07) is 15.5. The van der Waals surface area contributed by atoms with Crippen LogP contribution >= 0.6 is 0 Å². The second kappa shape index (κ2) is 7.10. The van der Waals surface area contributed by atoms with Gasteiger partial charge in [-0.1, -0.05) is 30.3 Å². The molecule has 7 heteroatoms. The Balaban J connectivity index is 1.78. The molecule has 0 saturated heterocycles. The first kappa shape index (κ1) is 17.2. The summed E-state index contributed by atoms with van der Waals surface area (Å²) in [7, 11) is 0. The standard InChI is InChI=1S/C19H18N4O3/c1-12-17(13(2)23(22-12)14-8-4-3-5-9-14)19(26)21-20-18(25)15-10-6-7-11-16(15)24/h3-11,24H,1-2H3,(H,20,25)(H,21,26). The number of rotatable bonds is 3. The monoisotopic (exact) mass is 350 g/mol. The largest absolute Gasteiger partial charge is 0.507 e. The van der Waals surface area contributed by atoms with Crippen LogP contribution in [-0.2, 0) is 0 Å². The minimum Gasteiger partial charge on any atom is -0.507 e. The Labute approximate surface area is 150 Å². The number of phenolic OH excluding ortho intramolecular Hbond substituents is 1. The highest BCUT2D eigenvalue weighted by Crippen LogP contribution is 2.18. The first-order chi connectivity index (χ1) is 12.5. The fourth-order valence-electron chi connectivity index (χ4n) is 2.70. The number of benzene rings is 2. The van der Waals surface area contributed by atoms with Crippen LogP contribution in [0, 0.1) is 13.8 Å². The van der Waals surface area contributed by atoms with Crippen molar-refractivity contribution >= 4 is 11.8 Å². The molecule has 0 aliphatic rings. The number of hydrogen-bond acceptors (Lipinski definition) is 4. The highest BCUT2D eigenvalue weighted by molar-refractivity contribution is 6.01. The van der Waals surface area contributed by atoms with Crippen LogP contribution in [0.3, 0.4) is 0 Å². The molecule has 2 aromatic carbocycles. The summed E-state index contributed by atoms with van der Waals surface area (Å²) in [6.45, 7) is 3.51. The Morgan fingerprint density at radius 3 is 2.23 bits per heavy atom. The molecular weight excluding hydrogens is 332 g/mol. The van der Waals surface area contributed by atoms with Crippen LogP contribution in [0.1, 0.15) is 32.1 Å². The van der Waals surface area contributed by atoms with Gasteiger partial charge in [-0.3, -0.25) is 20.4 Å². The van der Waals surface area contributed by atoms with Crippen molar-refractivity contribution in [2.75, 3.05) is 0 Å². The molecule has 0 spiro atoms. The van der Waals surface area contributed by atoms with Gasteiger partial charge in [0.25, 0.3) is 11.8 Å². The number of aromatic nitrogens is 2. The lowest BCUT2D eigenvalue weighted by Crippen LogP contribution is -2.42. The topological polar surface area (TPSA) is 96.3 Å². The number of amides is 2. The molecular formula is C19H18N4O3. The molecule has 0 atom stereocenters. The molecule has 2 amide bonds. The van der Waals surface area contributed by atoms with E-state index < -0.39 is 11.8 Å². The van der Waals surface area contributed by atoms with E-state index in [0.29, 0.717) is 17.0 Å². The van der Waals surface area contributed by atoms with Crippen LogP contribution in [0.2, 0.25) is 0 Å². The van der Waals surface area contributed by atoms with Gasteiger partial charge < -0.3 is 5.11 Å². The SMILES string of the molecule is Cc1nn(-c2ccccc2)c(C)c1C(=O)NNC(=O)c1ccccc1O. The molecule has 0 fully saturated rings. The predicted molar refractivity (Wildman–Crippen MR) is 96.1 cm³/mol. The Morgan fingerprint density at radius 1 is 0.923 bits per heavy atom. The lowest BCUT2D eigenvalue weighted by atomic mass is 10.2. The summed E-state index contributed by atoms with van der Waals surface area (Å²) >= 11 is 0. The number of carbonyl (C=O) groups is 2. The number of nitrogens with one attached hydrogen (secondary N) is 2. The van der Waals surface area contributed by atoms with E-state index in [9.17, 15) is 14.7 Å². The van der Waals surface area contributed by atoms with Crippen LogP contribution in [-0.4, -0.2) is 26.7 Å². The van der Waals surface area contributed by atoms with E-state index in [2.05, 4.69) is 16.0 Å². The number of hydrazine groups is 1. The van der Waals surface area contributed by atoms with E-state index in [4.69, 9.17) is 0 Å². The number of hydrogen-bond donors (Lipinski definition) is 3. The van der Waals surface area contributed by atoms with E-state index in [1.807, 2.05) is 30.3 Å². The van der Waals surface area contributed by atoms with Crippen molar-refractivity contribution in [3.8, 4) is 11.4 Å². The second-order valence-corrected chi connectivity index (χ2v) is 5.72. The number of aryl methyl sites for hydroxylation is 1. The number of para-hydroxylation sites is 2. The average molecular weight is 350 g/mol. The van der Waals surface area contributed by atoms with Crippen molar-refractivity contribution in [3.05, 3.63) is 77.1 Å². The lowest BCUT2D eigenvalue weighted by molar-refractivity contribution is 0.0844. The van der Waals surface area contributed by atoms with E-state index in [1.165, 1.54) is 12.1 Å². The highest BCUT2D eigenvalue weighted by Gasteiger charge is 2.20. The van der Waals surface area contributed by atoms with Gasteiger partial charge >= 0.3 is 0 Å². The normalized spacial score (nSPS) is 10.4. The van der Waals surface area contributed by atoms with E-state index >= 15 is 0 Å². The minimum absolute atomic E-state index is 0.0706. The number of phenols is 1. The third kappa shape index (κ3) is 3.27. The molecule has 0 saturated carbocycles. The molecule has 132 valence electrons. The summed E-state index contributed by atoms with van der Waals surface area (Å²) < 4.78 is 1.68. The molecule has 3 rings (SSSR count). The first-order valence-corrected chi connectivity index (χ1v) is 7.99. The summed E-state index contributed by atoms with van der Waals surface area (Å²) in [6.07, 6.45) is 0. The molecule has 1 heterocycles. The average Bonchev–Trinajstić information content (AvgIpc) is 2.95. The molecule has 0 aliphatic heterocycles. The minimum atomic E-state index is -0.609. The van der Waals surface area contributed by atoms with Gasteiger partial charge in [-0.25, -0.2) is 4.68 Å². The van der Waals surface area contributed by atoms with Crippen molar-refractivity contribution in [3.63, 3.8) is 0 Å². The Hall–Kier alpha value is -3.61. The van der Waals surface area contributed by atoms with Gasteiger partial charge in [-0.2, -0.15) is 5.10 Å². The van der Waals surface area contributed by atoms with Gasteiger partial charge in [0.1, 0.15) is 5.75 Å². The molecule has 0 radical (unpaired) electrons. The summed E-state index contributed by atoms with van der Waals surface area (Å²) in [5, 5.41) is 14.1. The van der Waals surface area contributed by atoms with Crippen LogP contribution in [0.4, 0.5) is 0 Å². The maximum Gasteiger partial charge on any atom is 0.273 e. The molecule has 0 bridgehead atoms. The van der Waals surface area contributed by atoms with Crippen LogP contribution < -0.4 is 10.9 Å². The maximum absolute atomic E-state index is 12.5. The van der Waals surface area contributed by atoms with Gasteiger partial charge in [0.2, 0.25) is 0 Å². The third-order valence-corrected chi connectivity index (χ3v) is 3.96. The van der Waals surface area contributed by atoms with Gasteiger partial charge in [-0.05, 0) is 38.1 Å². The Morgan fingerprint density at radius 2 is 1.54 bits per heavy atom. The molecule has 3 aromatic rings. The zero-order valence-electron chi connectivity index (χ0n) is 14.4. The Kier molecular flexibility index (Phi) is 4.70. The van der Waals surface area contributed by atoms with Crippen LogP contribution in [0.15, 0.2) is 54.6 Å². The zero-order valence-corrected chi connectivity index (χ0v) is 14.4. The molecule has 0 aliphatic carbocycles. The Bertz CT molecular complexity index is 964. The fraction of sp³-hybridized carbons (Fsp3) is 0.105. The van der Waals surface area contributed by atoms with Gasteiger partial charge in [-0.15, -0.1) is 0 Å². The van der Waals surface area contributed by atoms with Gasteiger partial charge in [0.05, 0.1) is 28.2 Å². The maximum atomic E-state index is 12.5. The summed E-state index contributed by atoms with van der Waals surface area (Å²) in [5.74, 6) is -1.25. The lowest BCUT2D eigenvalue weighted by Gasteiger charge is -2.09. The zero-order chi connectivity index (χ0) is 18.7. The van der Waals surface area contributed by atoms with E-state index in [1.54, 1.807) is 30.7 Å². The summed E-state index contributed by atoms with van der Waals surface area (Å²) in [5.41, 5.74) is 7.16. The molecule has 1 aromatic heterocycles. The van der Waals surface area contributed by atoms with Crippen molar-refractivity contribution in [1.82, 2.24) is 20.6 Å². The molecule has 26 heavy (non-hydrogen) atoms. The van der Waals surface area contributed by atoms with Gasteiger partial charge in [0, 0.05) is 0 Å². The van der Waals surface area contributed by atoms with Gasteiger partial charge in [0.15, 0.2) is 0 Å². The number of nitrogens with zero attached hydrogens (tertiary/aromatic N) is 2. The van der Waals surface area contributed by atoms with Crippen molar-refractivity contribution < 1.29 is 14.7 Å². The quantitative estimate of drug-likeness (QED) is 0.631. The van der Waals surface area contributed by atoms with Crippen molar-refractivity contribution in [2.45, 2.75) is 13.8 Å². The van der Waals surface area contributed by atoms with Crippen LogP contribution in [0.25, 0.3) is 5.69 Å². The third-order valence-electron chi connectivity index (χ3n) is 3.96. The summed E-state index contributed by atoms with van der Waals surface area (Å²) in [4.78, 5) is 24.6. The first-order valence-electron chi connectivity index (χ1n) is 7.99. The smallest absolute Gasteiger partial charge is 0.273 e. The van der Waals surface area contributed by atoms with Crippen molar-refractivity contribution in [2.24, 2.45) is 0 Å². The molecule has 3 N–H and O–H groups in total. The molecule has 7 nitrogen and oxygen atoms in total. The molecule has 0 unspecified atom stereocenters. The second-order valence-electron chi connectivity index (χ2n) is 5.72.